The van der Waals surface area contributed by atoms with Gasteiger partial charge in [0, 0.05) is 29.2 Å². The van der Waals surface area contributed by atoms with Crippen LogP contribution in [0.4, 0.5) is 5.69 Å². The monoisotopic (exact) mass is 247 g/mol. The lowest BCUT2D eigenvalue weighted by atomic mass is 10.2. The Hall–Kier alpha value is -1.82. The van der Waals surface area contributed by atoms with Crippen molar-refractivity contribution in [3.63, 3.8) is 0 Å². The van der Waals surface area contributed by atoms with E-state index >= 15 is 0 Å². The van der Waals surface area contributed by atoms with E-state index in [4.69, 9.17) is 0 Å². The van der Waals surface area contributed by atoms with Crippen molar-refractivity contribution in [2.75, 3.05) is 5.75 Å². The van der Waals surface area contributed by atoms with Crippen LogP contribution in [0.1, 0.15) is 5.69 Å². The lowest BCUT2D eigenvalue weighted by molar-refractivity contribution is -0.384. The summed E-state index contributed by atoms with van der Waals surface area (Å²) in [6.45, 7) is 0. The lowest BCUT2D eigenvalue weighted by Crippen LogP contribution is -2.01. The molecule has 1 aliphatic heterocycles. The topological polar surface area (TPSA) is 61.0 Å². The van der Waals surface area contributed by atoms with Gasteiger partial charge in [0.1, 0.15) is 0 Å². The summed E-state index contributed by atoms with van der Waals surface area (Å²) in [5.74, 6) is 1.08. The summed E-state index contributed by atoms with van der Waals surface area (Å²) in [5, 5.41) is 14.9. The van der Waals surface area contributed by atoms with Gasteiger partial charge >= 0.3 is 0 Å². The number of rotatable bonds is 2. The molecule has 0 radical (unpaired) electrons. The van der Waals surface area contributed by atoms with Crippen LogP contribution >= 0.6 is 11.8 Å². The van der Waals surface area contributed by atoms with Crippen molar-refractivity contribution in [3.05, 3.63) is 46.3 Å². The molecule has 2 aromatic rings. The zero-order chi connectivity index (χ0) is 11.8. The number of benzene rings is 1. The molecule has 0 atom stereocenters. The molecule has 86 valence electrons. The van der Waals surface area contributed by atoms with E-state index < -0.39 is 4.92 Å². The fraction of sp³-hybridized carbons (Fsp3) is 0.182. The first kappa shape index (κ1) is 10.3. The molecular formula is C11H9N3O2S. The molecule has 0 fully saturated rings. The Morgan fingerprint density at radius 2 is 2.12 bits per heavy atom. The van der Waals surface area contributed by atoms with E-state index in [9.17, 15) is 10.1 Å². The third-order valence-corrected chi connectivity index (χ3v) is 3.79. The first-order chi connectivity index (χ1) is 8.25. The molecule has 1 aromatic heterocycles. The molecule has 0 saturated heterocycles. The summed E-state index contributed by atoms with van der Waals surface area (Å²) in [6, 6.07) is 6.47. The maximum Gasteiger partial charge on any atom is 0.269 e. The second-order valence-electron chi connectivity index (χ2n) is 3.74. The van der Waals surface area contributed by atoms with Crippen molar-refractivity contribution < 1.29 is 4.92 Å². The minimum atomic E-state index is -0.396. The van der Waals surface area contributed by atoms with E-state index in [1.807, 2.05) is 10.9 Å². The van der Waals surface area contributed by atoms with Crippen LogP contribution in [0, 0.1) is 10.1 Å². The molecule has 2 heterocycles. The normalized spacial score (nSPS) is 13.6. The maximum absolute atomic E-state index is 10.6. The number of hydrogen-bond acceptors (Lipinski definition) is 4. The quantitative estimate of drug-likeness (QED) is 0.604. The second-order valence-corrected chi connectivity index (χ2v) is 4.88. The van der Waals surface area contributed by atoms with E-state index in [0.29, 0.717) is 0 Å². The van der Waals surface area contributed by atoms with E-state index in [-0.39, 0.29) is 5.69 Å². The smallest absolute Gasteiger partial charge is 0.258 e. The zero-order valence-electron chi connectivity index (χ0n) is 8.87. The van der Waals surface area contributed by atoms with Gasteiger partial charge in [-0.15, -0.1) is 11.8 Å². The first-order valence-corrected chi connectivity index (χ1v) is 6.19. The number of nitro groups is 1. The van der Waals surface area contributed by atoms with Crippen molar-refractivity contribution in [1.29, 1.82) is 0 Å². The van der Waals surface area contributed by atoms with Gasteiger partial charge in [-0.1, -0.05) is 0 Å². The van der Waals surface area contributed by atoms with Crippen LogP contribution in [-0.2, 0) is 6.42 Å². The van der Waals surface area contributed by atoms with Gasteiger partial charge < -0.3 is 0 Å². The maximum atomic E-state index is 10.6. The average molecular weight is 247 g/mol. The van der Waals surface area contributed by atoms with E-state index in [2.05, 4.69) is 5.10 Å². The number of fused-ring (bicyclic) bond motifs is 1. The minimum Gasteiger partial charge on any atom is -0.258 e. The van der Waals surface area contributed by atoms with E-state index in [1.54, 1.807) is 23.9 Å². The molecule has 0 bridgehead atoms. The zero-order valence-corrected chi connectivity index (χ0v) is 9.68. The molecule has 3 rings (SSSR count). The van der Waals surface area contributed by atoms with Crippen molar-refractivity contribution in [2.45, 2.75) is 11.3 Å². The molecule has 0 unspecified atom stereocenters. The van der Waals surface area contributed by atoms with Crippen LogP contribution in [0.5, 0.6) is 0 Å². The third kappa shape index (κ3) is 1.70. The van der Waals surface area contributed by atoms with Gasteiger partial charge in [0.2, 0.25) is 0 Å². The number of nitrogens with zero attached hydrogens (tertiary/aromatic N) is 3. The highest BCUT2D eigenvalue weighted by atomic mass is 32.2. The van der Waals surface area contributed by atoms with Crippen LogP contribution in [-0.4, -0.2) is 20.5 Å². The van der Waals surface area contributed by atoms with Crippen LogP contribution in [0.15, 0.2) is 35.4 Å². The number of thioether (sulfide) groups is 1. The molecule has 0 N–H and O–H groups in total. The summed E-state index contributed by atoms with van der Waals surface area (Å²) in [7, 11) is 0. The molecule has 0 aliphatic carbocycles. The highest BCUT2D eigenvalue weighted by Crippen LogP contribution is 2.32. The molecule has 5 nitrogen and oxygen atoms in total. The standard InChI is InChI=1S/C11H9N3O2S/c15-14(16)9-3-1-8(2-4-9)13-10-5-6-17-11(10)7-12-13/h1-4,7H,5-6H2. The first-order valence-electron chi connectivity index (χ1n) is 5.20. The summed E-state index contributed by atoms with van der Waals surface area (Å²) < 4.78 is 1.86. The Morgan fingerprint density at radius 3 is 2.82 bits per heavy atom. The van der Waals surface area contributed by atoms with Crippen LogP contribution in [0.2, 0.25) is 0 Å². The van der Waals surface area contributed by atoms with Crippen molar-refractivity contribution in [3.8, 4) is 5.69 Å². The molecule has 1 aromatic carbocycles. The Kier molecular flexibility index (Phi) is 2.36. The lowest BCUT2D eigenvalue weighted by Gasteiger charge is -2.04. The molecule has 0 saturated carbocycles. The second kappa shape index (κ2) is 3.89. The largest absolute Gasteiger partial charge is 0.269 e. The van der Waals surface area contributed by atoms with Gasteiger partial charge in [0.05, 0.1) is 22.5 Å². The molecule has 6 heteroatoms. The molecule has 1 aliphatic rings. The number of hydrogen-bond donors (Lipinski definition) is 0. The fourth-order valence-electron chi connectivity index (χ4n) is 1.90. The van der Waals surface area contributed by atoms with Gasteiger partial charge in [0.25, 0.3) is 5.69 Å². The number of non-ortho nitro benzene ring substituents is 1. The summed E-state index contributed by atoms with van der Waals surface area (Å²) >= 11 is 1.80. The van der Waals surface area contributed by atoms with Crippen molar-refractivity contribution >= 4 is 17.4 Å². The SMILES string of the molecule is O=[N+]([O-])c1ccc(-n2ncc3c2CCS3)cc1. The van der Waals surface area contributed by atoms with Crippen LogP contribution in [0.25, 0.3) is 5.69 Å². The van der Waals surface area contributed by atoms with E-state index in [0.717, 1.165) is 17.9 Å². The van der Waals surface area contributed by atoms with Gasteiger partial charge in [-0.2, -0.15) is 5.10 Å². The number of aromatic nitrogens is 2. The minimum absolute atomic E-state index is 0.104. The fourth-order valence-corrected chi connectivity index (χ4v) is 2.90. The number of nitro benzene ring substituents is 1. The Balaban J connectivity index is 2.01. The predicted molar refractivity (Wildman–Crippen MR) is 64.6 cm³/mol. The molecule has 0 amide bonds. The van der Waals surface area contributed by atoms with Gasteiger partial charge in [-0.05, 0) is 12.1 Å². The summed E-state index contributed by atoms with van der Waals surface area (Å²) in [6.07, 6.45) is 2.85. The van der Waals surface area contributed by atoms with Crippen molar-refractivity contribution in [2.24, 2.45) is 0 Å². The highest BCUT2D eigenvalue weighted by Gasteiger charge is 2.18. The van der Waals surface area contributed by atoms with Gasteiger partial charge in [-0.25, -0.2) is 4.68 Å². The van der Waals surface area contributed by atoms with Crippen molar-refractivity contribution in [1.82, 2.24) is 9.78 Å². The summed E-state index contributed by atoms with van der Waals surface area (Å²) in [5.41, 5.74) is 2.18. The molecular weight excluding hydrogens is 238 g/mol. The molecule has 0 spiro atoms. The Morgan fingerprint density at radius 1 is 1.35 bits per heavy atom. The van der Waals surface area contributed by atoms with E-state index in [1.165, 1.54) is 22.7 Å². The van der Waals surface area contributed by atoms with Crippen LogP contribution in [0.3, 0.4) is 0 Å². The van der Waals surface area contributed by atoms with Gasteiger partial charge in [-0.3, -0.25) is 10.1 Å². The third-order valence-electron chi connectivity index (χ3n) is 2.73. The summed E-state index contributed by atoms with van der Waals surface area (Å²) in [4.78, 5) is 11.4. The Labute approximate surface area is 102 Å². The predicted octanol–water partition coefficient (Wildman–Crippen LogP) is 2.43. The average Bonchev–Trinajstić information content (AvgIpc) is 2.90. The molecule has 17 heavy (non-hydrogen) atoms. The van der Waals surface area contributed by atoms with Crippen LogP contribution < -0.4 is 0 Å². The van der Waals surface area contributed by atoms with Gasteiger partial charge in [0.15, 0.2) is 0 Å². The Bertz CT molecular complexity index is 577. The highest BCUT2D eigenvalue weighted by molar-refractivity contribution is 7.99.